The molecule has 0 aromatic heterocycles. The average molecular weight is 229 g/mol. The number of carboxylic acids is 1. The van der Waals surface area contributed by atoms with E-state index in [4.69, 9.17) is 0 Å². The standard InChI is InChI=1S/C13H27NO2/c1-7-12(4,5)14-13(6,11(15)16)9-8-10(2)3/h10,14H,7-9H2,1-6H3,(H,15,16). The van der Waals surface area contributed by atoms with Crippen LogP contribution >= 0.6 is 0 Å². The number of nitrogens with one attached hydrogen (secondary N) is 1. The SMILES string of the molecule is CCC(C)(C)NC(C)(CCC(C)C)C(=O)O. The monoisotopic (exact) mass is 229 g/mol. The predicted molar refractivity (Wildman–Crippen MR) is 67.6 cm³/mol. The lowest BCUT2D eigenvalue weighted by Crippen LogP contribution is -2.58. The van der Waals surface area contributed by atoms with Crippen molar-refractivity contribution in [3.63, 3.8) is 0 Å². The van der Waals surface area contributed by atoms with Crippen LogP contribution in [0.25, 0.3) is 0 Å². The van der Waals surface area contributed by atoms with Crippen LogP contribution in [0.3, 0.4) is 0 Å². The minimum absolute atomic E-state index is 0.135. The Kier molecular flexibility index (Phi) is 5.47. The summed E-state index contributed by atoms with van der Waals surface area (Å²) in [5.41, 5.74) is -0.950. The second-order valence-corrected chi connectivity index (χ2v) is 5.93. The van der Waals surface area contributed by atoms with Crippen molar-refractivity contribution in [2.24, 2.45) is 5.92 Å². The number of hydrogen-bond acceptors (Lipinski definition) is 2. The molecule has 0 aromatic carbocycles. The molecule has 0 radical (unpaired) electrons. The largest absolute Gasteiger partial charge is 0.480 e. The van der Waals surface area contributed by atoms with Gasteiger partial charge < -0.3 is 5.11 Å². The maximum Gasteiger partial charge on any atom is 0.323 e. The molecule has 0 amide bonds. The zero-order valence-corrected chi connectivity index (χ0v) is 11.6. The molecule has 3 nitrogen and oxygen atoms in total. The number of hydrogen-bond donors (Lipinski definition) is 2. The lowest BCUT2D eigenvalue weighted by atomic mass is 9.88. The molecule has 3 heteroatoms. The van der Waals surface area contributed by atoms with Crippen molar-refractivity contribution in [2.75, 3.05) is 0 Å². The third-order valence-corrected chi connectivity index (χ3v) is 3.19. The summed E-state index contributed by atoms with van der Waals surface area (Å²) in [5.74, 6) is -0.222. The van der Waals surface area contributed by atoms with Crippen LogP contribution in [-0.4, -0.2) is 22.2 Å². The van der Waals surface area contributed by atoms with E-state index in [1.807, 2.05) is 13.8 Å². The van der Waals surface area contributed by atoms with Crippen LogP contribution < -0.4 is 5.32 Å². The van der Waals surface area contributed by atoms with E-state index in [0.717, 1.165) is 12.8 Å². The van der Waals surface area contributed by atoms with Crippen molar-refractivity contribution in [3.05, 3.63) is 0 Å². The van der Waals surface area contributed by atoms with Crippen LogP contribution in [0.15, 0.2) is 0 Å². The highest BCUT2D eigenvalue weighted by atomic mass is 16.4. The molecule has 0 fully saturated rings. The topological polar surface area (TPSA) is 49.3 Å². The second-order valence-electron chi connectivity index (χ2n) is 5.93. The summed E-state index contributed by atoms with van der Waals surface area (Å²) in [5, 5.41) is 12.6. The summed E-state index contributed by atoms with van der Waals surface area (Å²) in [4.78, 5) is 11.4. The Balaban J connectivity index is 4.64. The van der Waals surface area contributed by atoms with E-state index < -0.39 is 11.5 Å². The number of rotatable bonds is 7. The molecule has 0 bridgehead atoms. The summed E-state index contributed by atoms with van der Waals surface area (Å²) in [7, 11) is 0. The summed E-state index contributed by atoms with van der Waals surface area (Å²) in [6.45, 7) is 12.2. The Labute approximate surface area is 99.6 Å². The van der Waals surface area contributed by atoms with Gasteiger partial charge in [0.15, 0.2) is 0 Å². The number of carbonyl (C=O) groups is 1. The third-order valence-electron chi connectivity index (χ3n) is 3.19. The summed E-state index contributed by atoms with van der Waals surface area (Å²) in [6.07, 6.45) is 2.51. The first kappa shape index (κ1) is 15.4. The van der Waals surface area contributed by atoms with Crippen molar-refractivity contribution < 1.29 is 9.90 Å². The fourth-order valence-electron chi connectivity index (χ4n) is 1.64. The van der Waals surface area contributed by atoms with Gasteiger partial charge in [0, 0.05) is 5.54 Å². The highest BCUT2D eigenvalue weighted by Crippen LogP contribution is 2.21. The van der Waals surface area contributed by atoms with Gasteiger partial charge in [-0.2, -0.15) is 0 Å². The molecule has 0 spiro atoms. The Morgan fingerprint density at radius 1 is 1.31 bits per heavy atom. The Hall–Kier alpha value is -0.570. The van der Waals surface area contributed by atoms with Gasteiger partial charge in [-0.25, -0.2) is 0 Å². The first-order chi connectivity index (χ1) is 7.13. The molecule has 0 heterocycles. The summed E-state index contributed by atoms with van der Waals surface area (Å²) >= 11 is 0. The molecule has 16 heavy (non-hydrogen) atoms. The van der Waals surface area contributed by atoms with Gasteiger partial charge in [0.25, 0.3) is 0 Å². The predicted octanol–water partition coefficient (Wildman–Crippen LogP) is 3.04. The first-order valence-electron chi connectivity index (χ1n) is 6.15. The van der Waals surface area contributed by atoms with Gasteiger partial charge in [-0.3, -0.25) is 10.1 Å². The molecule has 96 valence electrons. The van der Waals surface area contributed by atoms with Crippen molar-refractivity contribution in [3.8, 4) is 0 Å². The quantitative estimate of drug-likeness (QED) is 0.705. The van der Waals surface area contributed by atoms with Crippen LogP contribution in [0.5, 0.6) is 0 Å². The minimum Gasteiger partial charge on any atom is -0.480 e. The van der Waals surface area contributed by atoms with Gasteiger partial charge in [-0.05, 0) is 46.0 Å². The molecule has 0 aliphatic heterocycles. The smallest absolute Gasteiger partial charge is 0.323 e. The molecular weight excluding hydrogens is 202 g/mol. The molecule has 1 unspecified atom stereocenters. The van der Waals surface area contributed by atoms with Gasteiger partial charge in [-0.1, -0.05) is 20.8 Å². The van der Waals surface area contributed by atoms with E-state index in [1.165, 1.54) is 0 Å². The minimum atomic E-state index is -0.816. The molecule has 0 aliphatic rings. The lowest BCUT2D eigenvalue weighted by molar-refractivity contribution is -0.145. The van der Waals surface area contributed by atoms with E-state index in [1.54, 1.807) is 6.92 Å². The van der Waals surface area contributed by atoms with Crippen LogP contribution in [0, 0.1) is 5.92 Å². The van der Waals surface area contributed by atoms with Gasteiger partial charge in [-0.15, -0.1) is 0 Å². The maximum atomic E-state index is 11.4. The molecule has 0 aliphatic carbocycles. The Bertz CT molecular complexity index is 236. The lowest BCUT2D eigenvalue weighted by Gasteiger charge is -2.36. The summed E-state index contributed by atoms with van der Waals surface area (Å²) in [6, 6.07) is 0. The number of aliphatic carboxylic acids is 1. The van der Waals surface area contributed by atoms with Gasteiger partial charge >= 0.3 is 5.97 Å². The average Bonchev–Trinajstić information content (AvgIpc) is 2.14. The molecule has 0 aromatic rings. The van der Waals surface area contributed by atoms with E-state index in [0.29, 0.717) is 12.3 Å². The first-order valence-corrected chi connectivity index (χ1v) is 6.15. The zero-order chi connectivity index (χ0) is 13.0. The number of carboxylic acid groups (broad SMARTS) is 1. The van der Waals surface area contributed by atoms with Crippen molar-refractivity contribution in [2.45, 2.75) is 71.9 Å². The van der Waals surface area contributed by atoms with E-state index >= 15 is 0 Å². The molecule has 0 saturated carbocycles. The van der Waals surface area contributed by atoms with Gasteiger partial charge in [0.05, 0.1) is 0 Å². The molecule has 1 atom stereocenters. The van der Waals surface area contributed by atoms with Crippen LogP contribution in [0.1, 0.15) is 60.8 Å². The van der Waals surface area contributed by atoms with Crippen molar-refractivity contribution in [1.29, 1.82) is 0 Å². The second kappa shape index (κ2) is 5.67. The Morgan fingerprint density at radius 3 is 2.12 bits per heavy atom. The molecule has 0 saturated heterocycles. The van der Waals surface area contributed by atoms with Crippen molar-refractivity contribution >= 4 is 5.97 Å². The molecule has 2 N–H and O–H groups in total. The third kappa shape index (κ3) is 4.97. The fraction of sp³-hybridized carbons (Fsp3) is 0.923. The van der Waals surface area contributed by atoms with Crippen molar-refractivity contribution in [1.82, 2.24) is 5.32 Å². The normalized spacial score (nSPS) is 16.2. The maximum absolute atomic E-state index is 11.4. The van der Waals surface area contributed by atoms with E-state index in [2.05, 4.69) is 26.1 Å². The van der Waals surface area contributed by atoms with Crippen LogP contribution in [0.4, 0.5) is 0 Å². The van der Waals surface area contributed by atoms with Crippen LogP contribution in [0.2, 0.25) is 0 Å². The fourth-order valence-corrected chi connectivity index (χ4v) is 1.64. The van der Waals surface area contributed by atoms with Gasteiger partial charge in [0.1, 0.15) is 5.54 Å². The van der Waals surface area contributed by atoms with E-state index in [-0.39, 0.29) is 5.54 Å². The molecule has 0 rings (SSSR count). The highest BCUT2D eigenvalue weighted by Gasteiger charge is 2.36. The molecular formula is C13H27NO2. The summed E-state index contributed by atoms with van der Waals surface area (Å²) < 4.78 is 0. The van der Waals surface area contributed by atoms with Gasteiger partial charge in [0.2, 0.25) is 0 Å². The zero-order valence-electron chi connectivity index (χ0n) is 11.6. The van der Waals surface area contributed by atoms with E-state index in [9.17, 15) is 9.90 Å². The van der Waals surface area contributed by atoms with Crippen LogP contribution in [-0.2, 0) is 4.79 Å². The highest BCUT2D eigenvalue weighted by molar-refractivity contribution is 5.78. The Morgan fingerprint density at radius 2 is 1.81 bits per heavy atom.